The number of para-hydroxylation sites is 2. The van der Waals surface area contributed by atoms with E-state index < -0.39 is 6.10 Å². The van der Waals surface area contributed by atoms with Crippen molar-refractivity contribution in [3.8, 4) is 28.6 Å². The lowest BCUT2D eigenvalue weighted by Crippen LogP contribution is -2.35. The van der Waals surface area contributed by atoms with Crippen LogP contribution in [0, 0.1) is 6.92 Å². The molecule has 5 rings (SSSR count). The number of furan rings is 1. The Bertz CT molecular complexity index is 1450. The average Bonchev–Trinajstić information content (AvgIpc) is 3.57. The summed E-state index contributed by atoms with van der Waals surface area (Å²) in [5.74, 6) is 2.95. The van der Waals surface area contributed by atoms with Crippen LogP contribution in [0.5, 0.6) is 17.4 Å². The van der Waals surface area contributed by atoms with Gasteiger partial charge in [0.2, 0.25) is 5.88 Å². The monoisotopic (exact) mass is 523 g/mol. The van der Waals surface area contributed by atoms with Crippen molar-refractivity contribution < 1.29 is 19.0 Å². The number of aliphatic hydroxyl groups is 1. The van der Waals surface area contributed by atoms with Crippen molar-refractivity contribution in [1.82, 2.24) is 14.7 Å². The molecule has 0 saturated carbocycles. The molecule has 0 bridgehead atoms. The van der Waals surface area contributed by atoms with Gasteiger partial charge < -0.3 is 19.0 Å². The maximum absolute atomic E-state index is 11.0. The van der Waals surface area contributed by atoms with Crippen molar-refractivity contribution >= 4 is 0 Å². The Morgan fingerprint density at radius 3 is 2.33 bits per heavy atom. The lowest BCUT2D eigenvalue weighted by atomic mass is 10.1. The van der Waals surface area contributed by atoms with Crippen LogP contribution in [0.15, 0.2) is 108 Å². The fourth-order valence-electron chi connectivity index (χ4n) is 4.54. The second kappa shape index (κ2) is 12.5. The molecule has 7 nitrogen and oxygen atoms in total. The minimum atomic E-state index is -0.727. The van der Waals surface area contributed by atoms with Gasteiger partial charge in [-0.3, -0.25) is 4.90 Å². The highest BCUT2D eigenvalue weighted by Gasteiger charge is 2.24. The summed E-state index contributed by atoms with van der Waals surface area (Å²) in [5.41, 5.74) is 3.78. The summed E-state index contributed by atoms with van der Waals surface area (Å²) in [6.45, 7) is 3.50. The van der Waals surface area contributed by atoms with Crippen molar-refractivity contribution in [2.75, 3.05) is 13.2 Å². The van der Waals surface area contributed by atoms with Gasteiger partial charge in [0.15, 0.2) is 0 Å². The Hall–Kier alpha value is -4.33. The number of aryl methyl sites for hydroxylation is 2. The lowest BCUT2D eigenvalue weighted by Gasteiger charge is -2.25. The van der Waals surface area contributed by atoms with Crippen molar-refractivity contribution in [3.05, 3.63) is 120 Å². The molecule has 0 amide bonds. The molecule has 7 heteroatoms. The van der Waals surface area contributed by atoms with E-state index in [0.29, 0.717) is 25.5 Å². The predicted molar refractivity (Wildman–Crippen MR) is 151 cm³/mol. The quantitative estimate of drug-likeness (QED) is 0.209. The van der Waals surface area contributed by atoms with Gasteiger partial charge in [0, 0.05) is 25.7 Å². The Morgan fingerprint density at radius 1 is 0.897 bits per heavy atom. The smallest absolute Gasteiger partial charge is 0.222 e. The zero-order chi connectivity index (χ0) is 27.0. The third-order valence-electron chi connectivity index (χ3n) is 6.43. The standard InChI is InChI=1S/C32H33N3O4/c1-24-12-9-10-18-30(24)38-23-26(36)20-35(21-28-17-11-19-37-28)22-29-31(25-13-5-3-6-14-25)33-34(2)32(29)39-27-15-7-4-8-16-27/h3-19,26,36H,20-23H2,1-2H3. The van der Waals surface area contributed by atoms with Crippen LogP contribution in [0.4, 0.5) is 0 Å². The van der Waals surface area contributed by atoms with E-state index in [-0.39, 0.29) is 6.61 Å². The first-order valence-corrected chi connectivity index (χ1v) is 13.0. The highest BCUT2D eigenvalue weighted by molar-refractivity contribution is 5.65. The second-order valence-electron chi connectivity index (χ2n) is 9.52. The van der Waals surface area contributed by atoms with Crippen molar-refractivity contribution in [1.29, 1.82) is 0 Å². The van der Waals surface area contributed by atoms with Crippen LogP contribution in [0.1, 0.15) is 16.9 Å². The van der Waals surface area contributed by atoms with E-state index in [9.17, 15) is 5.11 Å². The molecule has 39 heavy (non-hydrogen) atoms. The number of rotatable bonds is 12. The molecule has 1 unspecified atom stereocenters. The molecule has 200 valence electrons. The van der Waals surface area contributed by atoms with Crippen LogP contribution >= 0.6 is 0 Å². The van der Waals surface area contributed by atoms with Gasteiger partial charge in [-0.15, -0.1) is 0 Å². The number of aromatic nitrogens is 2. The predicted octanol–water partition coefficient (Wildman–Crippen LogP) is 6.22. The number of benzene rings is 3. The molecule has 0 saturated heterocycles. The molecule has 1 atom stereocenters. The van der Waals surface area contributed by atoms with Gasteiger partial charge in [-0.1, -0.05) is 66.7 Å². The van der Waals surface area contributed by atoms with Gasteiger partial charge in [0.1, 0.15) is 35.7 Å². The maximum Gasteiger partial charge on any atom is 0.222 e. The van der Waals surface area contributed by atoms with Crippen LogP contribution in [0.2, 0.25) is 0 Å². The molecule has 0 fully saturated rings. The Morgan fingerprint density at radius 2 is 1.62 bits per heavy atom. The molecule has 0 spiro atoms. The molecule has 2 aromatic heterocycles. The molecule has 0 radical (unpaired) electrons. The first kappa shape index (κ1) is 26.3. The van der Waals surface area contributed by atoms with E-state index >= 15 is 0 Å². The second-order valence-corrected chi connectivity index (χ2v) is 9.52. The van der Waals surface area contributed by atoms with Crippen LogP contribution < -0.4 is 9.47 Å². The zero-order valence-electron chi connectivity index (χ0n) is 22.2. The third kappa shape index (κ3) is 6.76. The molecule has 0 aliphatic rings. The molecule has 2 heterocycles. The average molecular weight is 524 g/mol. The lowest BCUT2D eigenvalue weighted by molar-refractivity contribution is 0.0600. The van der Waals surface area contributed by atoms with E-state index in [0.717, 1.165) is 39.6 Å². The number of hydrogen-bond acceptors (Lipinski definition) is 6. The fourth-order valence-corrected chi connectivity index (χ4v) is 4.54. The maximum atomic E-state index is 11.0. The summed E-state index contributed by atoms with van der Waals surface area (Å²) in [4.78, 5) is 2.13. The summed E-state index contributed by atoms with van der Waals surface area (Å²) in [7, 11) is 1.88. The number of ether oxygens (including phenoxy) is 2. The molecular weight excluding hydrogens is 490 g/mol. The number of hydrogen-bond donors (Lipinski definition) is 1. The first-order chi connectivity index (χ1) is 19.1. The van der Waals surface area contributed by atoms with E-state index in [1.165, 1.54) is 0 Å². The normalized spacial score (nSPS) is 12.0. The van der Waals surface area contributed by atoms with Crippen LogP contribution in [0.3, 0.4) is 0 Å². The highest BCUT2D eigenvalue weighted by atomic mass is 16.5. The number of aliphatic hydroxyl groups excluding tert-OH is 1. The Balaban J connectivity index is 1.43. The number of nitrogens with zero attached hydrogens (tertiary/aromatic N) is 3. The largest absolute Gasteiger partial charge is 0.491 e. The highest BCUT2D eigenvalue weighted by Crippen LogP contribution is 2.34. The minimum Gasteiger partial charge on any atom is -0.491 e. The summed E-state index contributed by atoms with van der Waals surface area (Å²) in [6.07, 6.45) is 0.934. The van der Waals surface area contributed by atoms with E-state index in [1.54, 1.807) is 10.9 Å². The van der Waals surface area contributed by atoms with Crippen molar-refractivity contribution in [3.63, 3.8) is 0 Å². The fraction of sp³-hybridized carbons (Fsp3) is 0.219. The molecule has 0 aliphatic heterocycles. The SMILES string of the molecule is Cc1ccccc1OCC(O)CN(Cc1ccco1)Cc1c(-c2ccccc2)nn(C)c1Oc1ccccc1. The van der Waals surface area contributed by atoms with Gasteiger partial charge in [-0.25, -0.2) is 4.68 Å². The van der Waals surface area contributed by atoms with Crippen molar-refractivity contribution in [2.24, 2.45) is 7.05 Å². The van der Waals surface area contributed by atoms with Crippen molar-refractivity contribution in [2.45, 2.75) is 26.1 Å². The summed E-state index contributed by atoms with van der Waals surface area (Å²) in [5, 5.41) is 15.9. The summed E-state index contributed by atoms with van der Waals surface area (Å²) in [6, 6.07) is 31.4. The zero-order valence-corrected chi connectivity index (χ0v) is 22.2. The molecule has 5 aromatic rings. The van der Waals surface area contributed by atoms with E-state index in [2.05, 4.69) is 4.90 Å². The molecule has 0 aliphatic carbocycles. The van der Waals surface area contributed by atoms with Gasteiger partial charge in [-0.05, 0) is 42.8 Å². The molecule has 3 aromatic carbocycles. The van der Waals surface area contributed by atoms with Gasteiger partial charge in [0.25, 0.3) is 0 Å². The van der Waals surface area contributed by atoms with E-state index in [1.807, 2.05) is 111 Å². The minimum absolute atomic E-state index is 0.172. The Kier molecular flexibility index (Phi) is 8.41. The summed E-state index contributed by atoms with van der Waals surface area (Å²) >= 11 is 0. The topological polar surface area (TPSA) is 72.9 Å². The van der Waals surface area contributed by atoms with Gasteiger partial charge in [0.05, 0.1) is 18.4 Å². The summed E-state index contributed by atoms with van der Waals surface area (Å²) < 4.78 is 19.7. The van der Waals surface area contributed by atoms with Crippen LogP contribution in [0.25, 0.3) is 11.3 Å². The third-order valence-corrected chi connectivity index (χ3v) is 6.43. The van der Waals surface area contributed by atoms with Gasteiger partial charge in [-0.2, -0.15) is 5.10 Å². The van der Waals surface area contributed by atoms with Crippen LogP contribution in [-0.4, -0.2) is 39.0 Å². The van der Waals surface area contributed by atoms with Crippen LogP contribution in [-0.2, 0) is 20.1 Å². The Labute approximate surface area is 228 Å². The molecular formula is C32H33N3O4. The molecule has 1 N–H and O–H groups in total. The van der Waals surface area contributed by atoms with Gasteiger partial charge >= 0.3 is 0 Å². The van der Waals surface area contributed by atoms with E-state index in [4.69, 9.17) is 19.0 Å². The first-order valence-electron chi connectivity index (χ1n) is 13.0.